The summed E-state index contributed by atoms with van der Waals surface area (Å²) >= 11 is 6.36. The number of fused-ring (bicyclic) bond motifs is 1. The molecule has 2 amide bonds. The van der Waals surface area contributed by atoms with Crippen LogP contribution in [0.2, 0.25) is 5.02 Å². The Morgan fingerprint density at radius 2 is 1.83 bits per heavy atom. The van der Waals surface area contributed by atoms with Crippen molar-refractivity contribution in [2.24, 2.45) is 0 Å². The van der Waals surface area contributed by atoms with Gasteiger partial charge < -0.3 is 29.8 Å². The van der Waals surface area contributed by atoms with Gasteiger partial charge in [-0.3, -0.25) is 9.59 Å². The maximum absolute atomic E-state index is 13.2. The van der Waals surface area contributed by atoms with Gasteiger partial charge >= 0.3 is 0 Å². The van der Waals surface area contributed by atoms with E-state index in [4.69, 9.17) is 21.3 Å². The number of rotatable bonds is 12. The van der Waals surface area contributed by atoms with Crippen molar-refractivity contribution in [3.8, 4) is 17.0 Å². The molecule has 0 aliphatic heterocycles. The number of aliphatic hydroxyl groups excluding tert-OH is 1. The van der Waals surface area contributed by atoms with Gasteiger partial charge in [0.2, 0.25) is 5.91 Å². The number of imidazole rings is 1. The average Bonchev–Trinajstić information content (AvgIpc) is 3.37. The van der Waals surface area contributed by atoms with Crippen molar-refractivity contribution in [3.05, 3.63) is 88.7 Å². The van der Waals surface area contributed by atoms with E-state index in [0.717, 1.165) is 22.4 Å². The van der Waals surface area contributed by atoms with E-state index in [1.54, 1.807) is 30.0 Å². The van der Waals surface area contributed by atoms with Crippen molar-refractivity contribution in [2.75, 3.05) is 27.2 Å². The summed E-state index contributed by atoms with van der Waals surface area (Å²) in [4.78, 5) is 32.1. The van der Waals surface area contributed by atoms with E-state index in [2.05, 4.69) is 10.6 Å². The van der Waals surface area contributed by atoms with Gasteiger partial charge in [-0.15, -0.1) is 0 Å². The number of aromatic nitrogens is 2. The number of hydrogen-bond donors (Lipinski definition) is 3. The lowest BCUT2D eigenvalue weighted by atomic mass is 10.0. The number of hydrogen-bond acceptors (Lipinski definition) is 6. The van der Waals surface area contributed by atoms with E-state index in [9.17, 15) is 14.7 Å². The summed E-state index contributed by atoms with van der Waals surface area (Å²) in [5, 5.41) is 16.4. The highest BCUT2D eigenvalue weighted by Crippen LogP contribution is 2.27. The summed E-state index contributed by atoms with van der Waals surface area (Å²) in [6.45, 7) is 6.05. The quantitative estimate of drug-likeness (QED) is 0.224. The largest absolute Gasteiger partial charge is 0.489 e. The molecule has 0 fully saturated rings. The highest BCUT2D eigenvalue weighted by atomic mass is 35.5. The molecule has 0 saturated heterocycles. The monoisotopic (exact) mass is 591 g/mol. The Balaban J connectivity index is 1.50. The van der Waals surface area contributed by atoms with Crippen LogP contribution in [0.3, 0.4) is 0 Å². The molecule has 2 aromatic carbocycles. The van der Waals surface area contributed by atoms with Crippen molar-refractivity contribution >= 4 is 29.1 Å². The van der Waals surface area contributed by atoms with Crippen LogP contribution >= 0.6 is 11.6 Å². The second-order valence-corrected chi connectivity index (χ2v) is 11.3. The summed E-state index contributed by atoms with van der Waals surface area (Å²) in [6, 6.07) is 16.3. The van der Waals surface area contributed by atoms with Gasteiger partial charge in [0.1, 0.15) is 11.4 Å². The van der Waals surface area contributed by atoms with E-state index in [1.165, 1.54) is 0 Å². The van der Waals surface area contributed by atoms with Crippen LogP contribution in [0, 0.1) is 0 Å². The minimum absolute atomic E-state index is 0.0434. The molecule has 2 heterocycles. The molecule has 0 saturated carbocycles. The molecule has 0 spiro atoms. The third-order valence-electron chi connectivity index (χ3n) is 6.59. The lowest BCUT2D eigenvalue weighted by Gasteiger charge is -2.21. The number of ether oxygens (including phenoxy) is 1. The number of nitrogens with zero attached hydrogens (tertiary/aromatic N) is 3. The summed E-state index contributed by atoms with van der Waals surface area (Å²) in [6.07, 6.45) is 3.66. The Morgan fingerprint density at radius 1 is 1.10 bits per heavy atom. The number of pyridine rings is 1. The molecular weight excluding hydrogens is 554 g/mol. The molecule has 42 heavy (non-hydrogen) atoms. The van der Waals surface area contributed by atoms with Crippen molar-refractivity contribution in [1.82, 2.24) is 24.9 Å². The van der Waals surface area contributed by atoms with Gasteiger partial charge in [0, 0.05) is 35.6 Å². The van der Waals surface area contributed by atoms with Crippen molar-refractivity contribution < 1.29 is 19.4 Å². The highest BCUT2D eigenvalue weighted by molar-refractivity contribution is 6.32. The normalized spacial score (nSPS) is 12.9. The molecule has 0 aliphatic carbocycles. The Labute approximate surface area is 251 Å². The number of benzene rings is 2. The van der Waals surface area contributed by atoms with E-state index >= 15 is 0 Å². The highest BCUT2D eigenvalue weighted by Gasteiger charge is 2.18. The summed E-state index contributed by atoms with van der Waals surface area (Å²) in [5.41, 5.74) is 4.58. The van der Waals surface area contributed by atoms with Crippen LogP contribution in [-0.4, -0.2) is 70.5 Å². The van der Waals surface area contributed by atoms with Crippen LogP contribution < -0.4 is 15.4 Å². The fourth-order valence-corrected chi connectivity index (χ4v) is 4.84. The molecule has 0 bridgehead atoms. The number of carbonyl (C=O) groups is 2. The van der Waals surface area contributed by atoms with Gasteiger partial charge in [0.05, 0.1) is 35.5 Å². The summed E-state index contributed by atoms with van der Waals surface area (Å²) in [7, 11) is 3.65. The fraction of sp³-hybridized carbons (Fsp3) is 0.344. The van der Waals surface area contributed by atoms with Crippen LogP contribution in [0.15, 0.2) is 67.0 Å². The maximum Gasteiger partial charge on any atom is 0.251 e. The van der Waals surface area contributed by atoms with Crippen LogP contribution in [-0.2, 0) is 11.2 Å². The Hall–Kier alpha value is -3.92. The molecule has 0 aliphatic rings. The number of likely N-dealkylation sites (N-methyl/N-ethyl adjacent to an activating group) is 1. The first-order valence-corrected chi connectivity index (χ1v) is 14.3. The van der Waals surface area contributed by atoms with Gasteiger partial charge in [-0.2, -0.15) is 0 Å². The molecule has 4 aromatic rings. The molecule has 4 rings (SSSR count). The Bertz CT molecular complexity index is 1530. The predicted molar refractivity (Wildman–Crippen MR) is 165 cm³/mol. The van der Waals surface area contributed by atoms with Crippen LogP contribution in [0.4, 0.5) is 0 Å². The third-order valence-corrected chi connectivity index (χ3v) is 6.89. The molecule has 0 radical (unpaired) electrons. The molecule has 3 N–H and O–H groups in total. The maximum atomic E-state index is 13.2. The number of aliphatic hydroxyl groups is 1. The van der Waals surface area contributed by atoms with Crippen molar-refractivity contribution in [2.45, 2.75) is 45.4 Å². The summed E-state index contributed by atoms with van der Waals surface area (Å²) in [5.74, 6) is 0.0924. The number of halogens is 1. The predicted octanol–water partition coefficient (Wildman–Crippen LogP) is 4.51. The van der Waals surface area contributed by atoms with Crippen molar-refractivity contribution in [1.29, 1.82) is 0 Å². The molecule has 0 unspecified atom stereocenters. The second-order valence-electron chi connectivity index (χ2n) is 10.9. The van der Waals surface area contributed by atoms with Gasteiger partial charge in [0.25, 0.3) is 5.91 Å². The second kappa shape index (κ2) is 13.8. The zero-order valence-corrected chi connectivity index (χ0v) is 25.4. The zero-order valence-electron chi connectivity index (χ0n) is 24.6. The standard InChI is InChI=1S/C32H38ClN5O4/c1-20(2)42-29-13-12-24(16-27(29)33)32(41)35-25(17-34-30(40)19-37(4)5)15-22-8-10-23(11-9-22)28-18-38-14-6-7-26(21(3)39)31(38)36-28/h6-14,16,18,20-21,25,39H,15,17,19H2,1-5H3,(H,34,40)(H,35,41)/t21-,25+/m1/s1. The van der Waals surface area contributed by atoms with Crippen LogP contribution in [0.5, 0.6) is 5.75 Å². The summed E-state index contributed by atoms with van der Waals surface area (Å²) < 4.78 is 7.58. The van der Waals surface area contributed by atoms with Crippen LogP contribution in [0.25, 0.3) is 16.9 Å². The first kappa shape index (κ1) is 31.0. The van der Waals surface area contributed by atoms with E-state index in [1.807, 2.05) is 81.1 Å². The van der Waals surface area contributed by atoms with Gasteiger partial charge in [-0.1, -0.05) is 41.9 Å². The minimum atomic E-state index is -0.626. The van der Waals surface area contributed by atoms with Crippen LogP contribution in [0.1, 0.15) is 48.4 Å². The molecule has 222 valence electrons. The smallest absolute Gasteiger partial charge is 0.251 e. The van der Waals surface area contributed by atoms with E-state index in [0.29, 0.717) is 28.4 Å². The Morgan fingerprint density at radius 3 is 2.48 bits per heavy atom. The fourth-order valence-electron chi connectivity index (χ4n) is 4.61. The molecule has 10 heteroatoms. The SMILES string of the molecule is CC(C)Oc1ccc(C(=O)N[C@H](CNC(=O)CN(C)C)Cc2ccc(-c3cn4cccc([C@@H](C)O)c4n3)cc2)cc1Cl. The van der Waals surface area contributed by atoms with E-state index < -0.39 is 6.10 Å². The van der Waals surface area contributed by atoms with E-state index in [-0.39, 0.29) is 37.0 Å². The lowest BCUT2D eigenvalue weighted by Crippen LogP contribution is -2.46. The molecule has 2 atom stereocenters. The average molecular weight is 592 g/mol. The van der Waals surface area contributed by atoms with Crippen molar-refractivity contribution in [3.63, 3.8) is 0 Å². The first-order chi connectivity index (χ1) is 20.0. The lowest BCUT2D eigenvalue weighted by molar-refractivity contribution is -0.121. The third kappa shape index (κ3) is 8.09. The number of nitrogens with one attached hydrogen (secondary N) is 2. The topological polar surface area (TPSA) is 108 Å². The van der Waals surface area contributed by atoms with Gasteiger partial charge in [-0.25, -0.2) is 4.98 Å². The van der Waals surface area contributed by atoms with Gasteiger partial charge in [0.15, 0.2) is 0 Å². The number of amides is 2. The Kier molecular flexibility index (Phi) is 10.2. The minimum Gasteiger partial charge on any atom is -0.489 e. The molecular formula is C32H38ClN5O4. The first-order valence-electron chi connectivity index (χ1n) is 13.9. The number of carbonyl (C=O) groups excluding carboxylic acids is 2. The molecule has 2 aromatic heterocycles. The molecule has 9 nitrogen and oxygen atoms in total. The zero-order chi connectivity index (χ0) is 30.4. The van der Waals surface area contributed by atoms with Gasteiger partial charge in [-0.05, 0) is 71.1 Å².